The molecule has 0 aliphatic rings. The van der Waals surface area contributed by atoms with E-state index in [1.54, 1.807) is 0 Å². The molecule has 0 amide bonds. The van der Waals surface area contributed by atoms with Crippen molar-refractivity contribution in [3.05, 3.63) is 12.4 Å². The van der Waals surface area contributed by atoms with Crippen molar-refractivity contribution in [3.8, 4) is 0 Å². The van der Waals surface area contributed by atoms with Crippen molar-refractivity contribution in [2.75, 3.05) is 6.16 Å². The molecule has 0 radical (unpaired) electrons. The van der Waals surface area contributed by atoms with Crippen LogP contribution in [0.1, 0.15) is 41.5 Å². The Morgan fingerprint density at radius 1 is 0.870 bits per heavy atom. The van der Waals surface area contributed by atoms with Gasteiger partial charge in [0, 0.05) is 24.4 Å². The Labute approximate surface area is 160 Å². The van der Waals surface area contributed by atoms with Gasteiger partial charge in [-0.3, -0.25) is 0 Å². The van der Waals surface area contributed by atoms with Crippen molar-refractivity contribution in [2.24, 2.45) is 4.66 Å². The Morgan fingerprint density at radius 2 is 1.22 bits per heavy atom. The Kier molecular flexibility index (Phi) is 11.8. The van der Waals surface area contributed by atoms with Crippen molar-refractivity contribution in [2.45, 2.75) is 91.1 Å². The van der Waals surface area contributed by atoms with Gasteiger partial charge in [-0.05, 0) is 41.5 Å². The Hall–Kier alpha value is 0.827. The minimum Gasteiger partial charge on any atom is -0.473 e. The number of rotatable bonds is 4. The van der Waals surface area contributed by atoms with E-state index in [0.29, 0.717) is 10.3 Å². The summed E-state index contributed by atoms with van der Waals surface area (Å²) in [5, 5.41) is 0.746. The summed E-state index contributed by atoms with van der Waals surface area (Å²) >= 11 is 0. The first-order valence-corrected chi connectivity index (χ1v) is 16.7. The van der Waals surface area contributed by atoms with E-state index in [4.69, 9.17) is 9.64 Å². The van der Waals surface area contributed by atoms with Crippen LogP contribution in [0.15, 0.2) is 4.66 Å². The fraction of sp³-hybridized carbons (Fsp3) is 0.882. The van der Waals surface area contributed by atoms with Crippen LogP contribution in [0.4, 0.5) is 0 Å². The zero-order valence-corrected chi connectivity index (χ0v) is 21.9. The fourth-order valence-corrected chi connectivity index (χ4v) is 8.70. The second-order valence-electron chi connectivity index (χ2n) is 10.1. The molecule has 0 rings (SSSR count). The van der Waals surface area contributed by atoms with Gasteiger partial charge in [-0.25, -0.2) is 0 Å². The monoisotopic (exact) mass is 419 g/mol. The normalized spacial score (nSPS) is 14.2. The fourth-order valence-electron chi connectivity index (χ4n) is 2.69. The maximum atomic E-state index is 5.11. The van der Waals surface area contributed by atoms with E-state index in [1.165, 1.54) is 5.84 Å². The molecular formula is C17H42N2NiPSi2+. The summed E-state index contributed by atoms with van der Waals surface area (Å²) < 4.78 is 5.11. The Balaban J connectivity index is -0.00000200. The van der Waals surface area contributed by atoms with Gasteiger partial charge in [-0.2, -0.15) is 0 Å². The zero-order valence-electron chi connectivity index (χ0n) is 17.9. The number of hydrogen-bond acceptors (Lipinski definition) is 1. The summed E-state index contributed by atoms with van der Waals surface area (Å²) in [5.41, 5.74) is 0. The average molecular weight is 420 g/mol. The minimum absolute atomic E-state index is 0. The molecule has 142 valence electrons. The zero-order chi connectivity index (χ0) is 17.3. The molecule has 0 aromatic heterocycles. The standard InChI is InChI=1S/C16H38N2PSi2.CH3.Ni/c1-15(2,3)19(16(4,5)6)13-14(17-20(7,8)9)18-21(10,11)12;;/h13H2,1-12H3;1H3;/q2*-1;+2/p+1. The maximum absolute atomic E-state index is 5.11. The molecule has 6 heteroatoms. The van der Waals surface area contributed by atoms with Gasteiger partial charge in [0.25, 0.3) is 0 Å². The van der Waals surface area contributed by atoms with Crippen LogP contribution in [0.5, 0.6) is 0 Å². The molecule has 2 nitrogen and oxygen atoms in total. The molecule has 0 saturated heterocycles. The molecular weight excluding hydrogens is 378 g/mol. The molecule has 0 spiro atoms. The molecule has 0 unspecified atom stereocenters. The summed E-state index contributed by atoms with van der Waals surface area (Å²) in [6.07, 6.45) is 1.12. The Morgan fingerprint density at radius 3 is 1.43 bits per heavy atom. The number of nitrogens with zero attached hydrogens (tertiary/aromatic N) is 2. The van der Waals surface area contributed by atoms with Crippen LogP contribution < -0.4 is 0 Å². The third kappa shape index (κ3) is 13.8. The third-order valence-electron chi connectivity index (χ3n) is 3.07. The van der Waals surface area contributed by atoms with Gasteiger partial charge in [-0.1, -0.05) is 45.1 Å². The van der Waals surface area contributed by atoms with Crippen molar-refractivity contribution >= 4 is 30.2 Å². The van der Waals surface area contributed by atoms with E-state index >= 15 is 0 Å². The summed E-state index contributed by atoms with van der Waals surface area (Å²) in [6, 6.07) is 0. The molecule has 0 N–H and O–H groups in total. The van der Waals surface area contributed by atoms with Gasteiger partial charge in [0.15, 0.2) is 0 Å². The van der Waals surface area contributed by atoms with Crippen LogP contribution in [0.3, 0.4) is 0 Å². The van der Waals surface area contributed by atoms with Crippen LogP contribution in [-0.2, 0) is 16.5 Å². The quantitative estimate of drug-likeness (QED) is 0.159. The van der Waals surface area contributed by atoms with Gasteiger partial charge in [0.2, 0.25) is 0 Å². The molecule has 0 bridgehead atoms. The van der Waals surface area contributed by atoms with Crippen LogP contribution >= 0.6 is 7.92 Å². The SMILES string of the molecule is CC(C)(C)[PH+](C/C(=N/[Si](C)(C)C)[N-][Si](C)(C)C)C(C)(C)C.[CH3-].[Ni+2]. The molecule has 23 heavy (non-hydrogen) atoms. The van der Waals surface area contributed by atoms with Crippen molar-refractivity contribution < 1.29 is 16.5 Å². The topological polar surface area (TPSA) is 26.5 Å². The van der Waals surface area contributed by atoms with Crippen LogP contribution in [0, 0.1) is 7.43 Å². The molecule has 0 aromatic carbocycles. The van der Waals surface area contributed by atoms with Gasteiger partial charge in [0.05, 0.1) is 16.5 Å². The minimum atomic E-state index is -1.47. The van der Waals surface area contributed by atoms with Crippen molar-refractivity contribution in [1.29, 1.82) is 0 Å². The number of hydrogen-bond donors (Lipinski definition) is 0. The largest absolute Gasteiger partial charge is 2.00 e. The summed E-state index contributed by atoms with van der Waals surface area (Å²) in [6.45, 7) is 28.3. The predicted molar refractivity (Wildman–Crippen MR) is 117 cm³/mol. The van der Waals surface area contributed by atoms with Crippen LogP contribution in [0.25, 0.3) is 4.98 Å². The molecule has 0 aromatic rings. The van der Waals surface area contributed by atoms with Crippen molar-refractivity contribution in [1.82, 2.24) is 0 Å². The molecule has 0 aliphatic heterocycles. The van der Waals surface area contributed by atoms with Gasteiger partial charge >= 0.3 is 16.5 Å². The second-order valence-corrected chi connectivity index (χ2v) is 23.6. The third-order valence-corrected chi connectivity index (χ3v) is 9.22. The second kappa shape index (κ2) is 9.50. The molecule has 0 aliphatic carbocycles. The van der Waals surface area contributed by atoms with Gasteiger partial charge < -0.3 is 17.1 Å². The van der Waals surface area contributed by atoms with Gasteiger partial charge in [0.1, 0.15) is 0 Å². The van der Waals surface area contributed by atoms with E-state index in [9.17, 15) is 0 Å². The smallest absolute Gasteiger partial charge is 0.473 e. The van der Waals surface area contributed by atoms with Crippen molar-refractivity contribution in [3.63, 3.8) is 0 Å². The molecule has 0 atom stereocenters. The van der Waals surface area contributed by atoms with E-state index < -0.39 is 24.4 Å². The maximum Gasteiger partial charge on any atom is 2.00 e. The first-order valence-electron chi connectivity index (χ1n) is 8.10. The molecule has 0 heterocycles. The first kappa shape index (κ1) is 28.6. The predicted octanol–water partition coefficient (Wildman–Crippen LogP) is 6.69. The Bertz CT molecular complexity index is 358. The average Bonchev–Trinajstić information content (AvgIpc) is 2.04. The molecule has 0 fully saturated rings. The summed E-state index contributed by atoms with van der Waals surface area (Å²) in [5.74, 6) is 1.19. The first-order chi connectivity index (χ1) is 8.92. The van der Waals surface area contributed by atoms with Crippen LogP contribution in [-0.4, -0.2) is 38.8 Å². The van der Waals surface area contributed by atoms with E-state index in [0.717, 1.165) is 6.16 Å². The van der Waals surface area contributed by atoms with E-state index in [1.807, 2.05) is 0 Å². The molecule has 0 saturated carbocycles. The van der Waals surface area contributed by atoms with E-state index in [2.05, 4.69) is 80.8 Å². The summed E-state index contributed by atoms with van der Waals surface area (Å²) in [7, 11) is -3.54. The van der Waals surface area contributed by atoms with E-state index in [-0.39, 0.29) is 23.9 Å². The number of amidine groups is 1. The summed E-state index contributed by atoms with van der Waals surface area (Å²) in [4.78, 5) is 5.11. The van der Waals surface area contributed by atoms with Crippen LogP contribution in [0.2, 0.25) is 39.3 Å². The van der Waals surface area contributed by atoms with Gasteiger partial charge in [-0.15, -0.1) is 0 Å².